The molecule has 0 aliphatic carbocycles. The van der Waals surface area contributed by atoms with Crippen molar-refractivity contribution in [2.75, 3.05) is 11.1 Å². The number of thiophene rings is 1. The van der Waals surface area contributed by atoms with Crippen LogP contribution in [-0.2, 0) is 4.79 Å². The molecule has 156 valence electrons. The van der Waals surface area contributed by atoms with Gasteiger partial charge in [0.05, 0.1) is 22.6 Å². The van der Waals surface area contributed by atoms with E-state index in [-0.39, 0.29) is 17.7 Å². The van der Waals surface area contributed by atoms with Gasteiger partial charge in [-0.1, -0.05) is 47.4 Å². The fourth-order valence-corrected chi connectivity index (χ4v) is 5.53. The number of furan rings is 1. The minimum absolute atomic E-state index is 0.0919. The Labute approximate surface area is 190 Å². The zero-order chi connectivity index (χ0) is 21.0. The van der Waals surface area contributed by atoms with Gasteiger partial charge in [0.1, 0.15) is 11.8 Å². The van der Waals surface area contributed by atoms with Crippen molar-refractivity contribution >= 4 is 56.9 Å². The molecule has 0 fully saturated rings. The van der Waals surface area contributed by atoms with Crippen LogP contribution in [0.15, 0.2) is 80.1 Å². The van der Waals surface area contributed by atoms with Crippen LogP contribution in [0.5, 0.6) is 0 Å². The Bertz CT molecular complexity index is 1170. The van der Waals surface area contributed by atoms with Gasteiger partial charge in [0.15, 0.2) is 4.34 Å². The van der Waals surface area contributed by atoms with E-state index < -0.39 is 0 Å². The molecule has 4 aromatic rings. The Morgan fingerprint density at radius 2 is 2.06 bits per heavy atom. The summed E-state index contributed by atoms with van der Waals surface area (Å²) in [6, 6.07) is 17.3. The Morgan fingerprint density at radius 1 is 1.16 bits per heavy atom. The molecule has 10 heteroatoms. The average Bonchev–Trinajstić information content (AvgIpc) is 3.59. The Morgan fingerprint density at radius 3 is 2.84 bits per heavy atom. The van der Waals surface area contributed by atoms with E-state index in [1.165, 1.54) is 23.1 Å². The summed E-state index contributed by atoms with van der Waals surface area (Å²) >= 11 is 4.40. The van der Waals surface area contributed by atoms with Crippen LogP contribution in [0.4, 0.5) is 10.8 Å². The first-order valence-electron chi connectivity index (χ1n) is 9.51. The largest absolute Gasteiger partial charge is 0.467 e. The molecular weight excluding hydrogens is 450 g/mol. The second kappa shape index (κ2) is 9.04. The number of amides is 1. The maximum Gasteiger partial charge on any atom is 0.253 e. The quantitative estimate of drug-likeness (QED) is 0.366. The molecule has 1 aliphatic heterocycles. The molecule has 3 aromatic heterocycles. The van der Waals surface area contributed by atoms with Gasteiger partial charge in [-0.2, -0.15) is 5.10 Å². The highest BCUT2D eigenvalue weighted by Crippen LogP contribution is 2.35. The maximum absolute atomic E-state index is 13.0. The highest BCUT2D eigenvalue weighted by Gasteiger charge is 2.35. The molecule has 0 saturated heterocycles. The standard InChI is InChI=1S/C21H17N5O2S3/c27-19(13-30-21-24-23-20(31-21)22-14-6-2-1-3-7-14)26-16(17-8-4-10-28-17)12-15(25-26)18-9-5-11-29-18/h1-11,16H,12-13H2,(H,22,23)/t16-/m1/s1. The molecule has 1 aliphatic rings. The number of rotatable bonds is 7. The average molecular weight is 468 g/mol. The minimum atomic E-state index is -0.232. The van der Waals surface area contributed by atoms with Crippen LogP contribution in [0.1, 0.15) is 23.1 Å². The van der Waals surface area contributed by atoms with E-state index in [0.717, 1.165) is 26.4 Å². The van der Waals surface area contributed by atoms with Crippen LogP contribution in [0.3, 0.4) is 0 Å². The third-order valence-electron chi connectivity index (χ3n) is 4.59. The van der Waals surface area contributed by atoms with E-state index in [1.807, 2.05) is 60.0 Å². The van der Waals surface area contributed by atoms with E-state index >= 15 is 0 Å². The van der Waals surface area contributed by atoms with Gasteiger partial charge >= 0.3 is 0 Å². The monoisotopic (exact) mass is 467 g/mol. The number of nitrogens with one attached hydrogen (secondary N) is 1. The SMILES string of the molecule is O=C(CSc1nnc(Nc2ccccc2)s1)N1N=C(c2cccs2)C[C@@H]1c1ccco1. The highest BCUT2D eigenvalue weighted by atomic mass is 32.2. The van der Waals surface area contributed by atoms with E-state index in [9.17, 15) is 4.79 Å². The van der Waals surface area contributed by atoms with E-state index in [4.69, 9.17) is 4.42 Å². The predicted octanol–water partition coefficient (Wildman–Crippen LogP) is 5.41. The van der Waals surface area contributed by atoms with Gasteiger partial charge in [-0.25, -0.2) is 5.01 Å². The molecule has 4 heterocycles. The third kappa shape index (κ3) is 4.55. The second-order valence-corrected chi connectivity index (χ2v) is 9.80. The van der Waals surface area contributed by atoms with Crippen LogP contribution < -0.4 is 5.32 Å². The Kier molecular flexibility index (Phi) is 5.83. The molecule has 1 N–H and O–H groups in total. The lowest BCUT2D eigenvalue weighted by atomic mass is 10.1. The summed E-state index contributed by atoms with van der Waals surface area (Å²) in [5.74, 6) is 0.864. The van der Waals surface area contributed by atoms with Gasteiger partial charge in [0.25, 0.3) is 5.91 Å². The van der Waals surface area contributed by atoms with Gasteiger partial charge in [-0.15, -0.1) is 21.5 Å². The Hall–Kier alpha value is -2.95. The van der Waals surface area contributed by atoms with E-state index in [0.29, 0.717) is 11.6 Å². The van der Waals surface area contributed by atoms with Crippen molar-refractivity contribution in [3.63, 3.8) is 0 Å². The van der Waals surface area contributed by atoms with Crippen molar-refractivity contribution in [1.29, 1.82) is 0 Å². The number of anilines is 2. The number of carbonyl (C=O) groups excluding carboxylic acids is 1. The fourth-order valence-electron chi connectivity index (χ4n) is 3.19. The highest BCUT2D eigenvalue weighted by molar-refractivity contribution is 8.01. The second-order valence-electron chi connectivity index (χ2n) is 6.65. The number of hydrogen-bond acceptors (Lipinski definition) is 9. The number of nitrogens with zero attached hydrogens (tertiary/aromatic N) is 4. The van der Waals surface area contributed by atoms with E-state index in [1.54, 1.807) is 22.6 Å². The lowest BCUT2D eigenvalue weighted by molar-refractivity contribution is -0.130. The zero-order valence-electron chi connectivity index (χ0n) is 16.2. The molecule has 0 saturated carbocycles. The number of hydrogen-bond donors (Lipinski definition) is 1. The molecule has 1 atom stereocenters. The van der Waals surface area contributed by atoms with Crippen molar-refractivity contribution in [1.82, 2.24) is 15.2 Å². The summed E-state index contributed by atoms with van der Waals surface area (Å²) in [6.07, 6.45) is 2.26. The molecule has 5 rings (SSSR count). The minimum Gasteiger partial charge on any atom is -0.467 e. The van der Waals surface area contributed by atoms with Gasteiger partial charge in [-0.3, -0.25) is 4.79 Å². The van der Waals surface area contributed by atoms with Crippen LogP contribution in [0, 0.1) is 0 Å². The molecule has 1 amide bonds. The third-order valence-corrected chi connectivity index (χ3v) is 7.47. The molecule has 0 spiro atoms. The molecule has 0 radical (unpaired) electrons. The summed E-state index contributed by atoms with van der Waals surface area (Å²) in [6.45, 7) is 0. The van der Waals surface area contributed by atoms with Gasteiger partial charge < -0.3 is 9.73 Å². The smallest absolute Gasteiger partial charge is 0.253 e. The summed E-state index contributed by atoms with van der Waals surface area (Å²) in [7, 11) is 0. The van der Waals surface area contributed by atoms with Gasteiger partial charge in [-0.05, 0) is 35.7 Å². The summed E-state index contributed by atoms with van der Waals surface area (Å²) in [5.41, 5.74) is 1.85. The number of thioether (sulfide) groups is 1. The van der Waals surface area contributed by atoms with Crippen LogP contribution in [0.2, 0.25) is 0 Å². The van der Waals surface area contributed by atoms with Gasteiger partial charge in [0, 0.05) is 12.1 Å². The number of hydrazone groups is 1. The normalized spacial score (nSPS) is 15.8. The number of para-hydroxylation sites is 1. The number of benzene rings is 1. The van der Waals surface area contributed by atoms with E-state index in [2.05, 4.69) is 20.6 Å². The lowest BCUT2D eigenvalue weighted by Gasteiger charge is -2.19. The van der Waals surface area contributed by atoms with Crippen molar-refractivity contribution < 1.29 is 9.21 Å². The maximum atomic E-state index is 13.0. The predicted molar refractivity (Wildman–Crippen MR) is 124 cm³/mol. The van der Waals surface area contributed by atoms with Crippen molar-refractivity contribution in [2.45, 2.75) is 16.8 Å². The fraction of sp³-hybridized carbons (Fsp3) is 0.143. The van der Waals surface area contributed by atoms with Crippen LogP contribution in [-0.4, -0.2) is 32.6 Å². The van der Waals surface area contributed by atoms with Crippen LogP contribution in [0.25, 0.3) is 0 Å². The van der Waals surface area contributed by atoms with Crippen molar-refractivity contribution in [2.24, 2.45) is 5.10 Å². The molecule has 7 nitrogen and oxygen atoms in total. The Balaban J connectivity index is 1.26. The molecule has 1 aromatic carbocycles. The summed E-state index contributed by atoms with van der Waals surface area (Å²) < 4.78 is 6.31. The molecule has 31 heavy (non-hydrogen) atoms. The first-order valence-corrected chi connectivity index (χ1v) is 12.2. The number of aromatic nitrogens is 2. The first kappa shape index (κ1) is 20.0. The number of carbonyl (C=O) groups is 1. The molecule has 0 unspecified atom stereocenters. The topological polar surface area (TPSA) is 83.6 Å². The van der Waals surface area contributed by atoms with Gasteiger partial charge in [0.2, 0.25) is 5.13 Å². The van der Waals surface area contributed by atoms with Crippen molar-refractivity contribution in [3.05, 3.63) is 76.9 Å². The van der Waals surface area contributed by atoms with Crippen LogP contribution >= 0.6 is 34.4 Å². The first-order chi connectivity index (χ1) is 15.3. The lowest BCUT2D eigenvalue weighted by Crippen LogP contribution is -2.28. The van der Waals surface area contributed by atoms with Crippen molar-refractivity contribution in [3.8, 4) is 0 Å². The molecular formula is C21H17N5O2S3. The molecule has 0 bridgehead atoms. The zero-order valence-corrected chi connectivity index (χ0v) is 18.6. The summed E-state index contributed by atoms with van der Waals surface area (Å²) in [5, 5.41) is 20.4. The summed E-state index contributed by atoms with van der Waals surface area (Å²) in [4.78, 5) is 14.1.